The van der Waals surface area contributed by atoms with Gasteiger partial charge in [0, 0.05) is 17.4 Å². The molecule has 0 aromatic heterocycles. The summed E-state index contributed by atoms with van der Waals surface area (Å²) in [5.74, 6) is -1.72. The van der Waals surface area contributed by atoms with Gasteiger partial charge in [0.05, 0.1) is 5.56 Å². The molecule has 0 unspecified atom stereocenters. The molecule has 0 aliphatic rings. The first-order chi connectivity index (χ1) is 7.52. The number of nitrogens with one attached hydrogen (secondary N) is 1. The molecule has 0 saturated heterocycles. The topological polar surface area (TPSA) is 72.2 Å². The maximum atomic E-state index is 13.3. The van der Waals surface area contributed by atoms with Gasteiger partial charge in [0.15, 0.2) is 0 Å². The first-order valence-electron chi connectivity index (χ1n) is 4.53. The van der Waals surface area contributed by atoms with Crippen LogP contribution in [0.4, 0.5) is 4.39 Å². The van der Waals surface area contributed by atoms with Gasteiger partial charge in [0.2, 0.25) is 5.91 Å². The third-order valence-corrected chi connectivity index (χ3v) is 2.51. The average Bonchev–Trinajstić information content (AvgIpc) is 2.16. The Bertz CT molecular complexity index is 403. The van der Waals surface area contributed by atoms with Crippen molar-refractivity contribution in [1.29, 1.82) is 0 Å². The summed E-state index contributed by atoms with van der Waals surface area (Å²) in [6, 6.07) is 4.24. The summed E-state index contributed by atoms with van der Waals surface area (Å²) >= 11 is 3.08. The molecule has 0 radical (unpaired) electrons. The van der Waals surface area contributed by atoms with Crippen LogP contribution in [0, 0.1) is 5.82 Å². The number of amides is 2. The Morgan fingerprint density at radius 2 is 2.12 bits per heavy atom. The van der Waals surface area contributed by atoms with Crippen molar-refractivity contribution in [3.63, 3.8) is 0 Å². The maximum absolute atomic E-state index is 13.3. The van der Waals surface area contributed by atoms with Gasteiger partial charge in [-0.2, -0.15) is 0 Å². The van der Waals surface area contributed by atoms with E-state index in [2.05, 4.69) is 21.2 Å². The van der Waals surface area contributed by atoms with Crippen molar-refractivity contribution in [2.45, 2.75) is 6.42 Å². The van der Waals surface area contributed by atoms with E-state index in [1.807, 2.05) is 0 Å². The van der Waals surface area contributed by atoms with E-state index in [-0.39, 0.29) is 18.5 Å². The largest absolute Gasteiger partial charge is 0.370 e. The summed E-state index contributed by atoms with van der Waals surface area (Å²) in [6.45, 7) is 0.0922. The number of hydrogen-bond donors (Lipinski definition) is 2. The fourth-order valence-electron chi connectivity index (χ4n) is 1.10. The zero-order valence-corrected chi connectivity index (χ0v) is 9.88. The van der Waals surface area contributed by atoms with E-state index in [0.29, 0.717) is 4.47 Å². The predicted octanol–water partition coefficient (Wildman–Crippen LogP) is 1.19. The Kier molecular flexibility index (Phi) is 4.42. The zero-order valence-electron chi connectivity index (χ0n) is 8.30. The number of benzene rings is 1. The molecular weight excluding hydrogens is 279 g/mol. The van der Waals surface area contributed by atoms with Crippen molar-refractivity contribution in [3.05, 3.63) is 34.1 Å². The molecule has 1 aromatic rings. The summed E-state index contributed by atoms with van der Waals surface area (Å²) < 4.78 is 13.7. The van der Waals surface area contributed by atoms with E-state index in [9.17, 15) is 14.0 Å². The summed E-state index contributed by atoms with van der Waals surface area (Å²) in [4.78, 5) is 22.0. The van der Waals surface area contributed by atoms with Crippen LogP contribution in [0.15, 0.2) is 22.7 Å². The number of rotatable bonds is 4. The van der Waals surface area contributed by atoms with Gasteiger partial charge in [-0.3, -0.25) is 9.59 Å². The lowest BCUT2D eigenvalue weighted by atomic mass is 10.2. The molecule has 0 atom stereocenters. The Morgan fingerprint density at radius 3 is 2.69 bits per heavy atom. The van der Waals surface area contributed by atoms with Crippen molar-refractivity contribution in [2.24, 2.45) is 5.73 Å². The number of carbonyl (C=O) groups is 2. The minimum absolute atomic E-state index is 0.0256. The van der Waals surface area contributed by atoms with Crippen LogP contribution in [0.1, 0.15) is 16.8 Å². The van der Waals surface area contributed by atoms with Gasteiger partial charge in [-0.25, -0.2) is 4.39 Å². The normalized spacial score (nSPS) is 9.88. The van der Waals surface area contributed by atoms with Crippen LogP contribution in [0.5, 0.6) is 0 Å². The predicted molar refractivity (Wildman–Crippen MR) is 60.2 cm³/mol. The highest BCUT2D eigenvalue weighted by Crippen LogP contribution is 2.19. The fourth-order valence-corrected chi connectivity index (χ4v) is 1.62. The van der Waals surface area contributed by atoms with E-state index >= 15 is 0 Å². The second-order valence-corrected chi connectivity index (χ2v) is 3.92. The van der Waals surface area contributed by atoms with Crippen molar-refractivity contribution in [3.8, 4) is 0 Å². The Labute approximate surface area is 100 Å². The number of primary amides is 1. The van der Waals surface area contributed by atoms with Crippen LogP contribution < -0.4 is 11.1 Å². The van der Waals surface area contributed by atoms with Gasteiger partial charge in [-0.15, -0.1) is 0 Å². The van der Waals surface area contributed by atoms with Gasteiger partial charge < -0.3 is 11.1 Å². The molecule has 0 heterocycles. The second kappa shape index (κ2) is 5.60. The molecule has 3 N–H and O–H groups in total. The van der Waals surface area contributed by atoms with Crippen molar-refractivity contribution in [2.75, 3.05) is 6.54 Å². The summed E-state index contributed by atoms with van der Waals surface area (Å²) in [7, 11) is 0. The Morgan fingerprint density at radius 1 is 1.44 bits per heavy atom. The van der Waals surface area contributed by atoms with Crippen molar-refractivity contribution in [1.82, 2.24) is 5.32 Å². The van der Waals surface area contributed by atoms with E-state index in [1.54, 1.807) is 6.07 Å². The molecule has 4 nitrogen and oxygen atoms in total. The number of hydrogen-bond acceptors (Lipinski definition) is 2. The molecule has 0 spiro atoms. The minimum Gasteiger partial charge on any atom is -0.370 e. The average molecular weight is 289 g/mol. The molecular formula is C10H10BrFN2O2. The molecule has 0 aliphatic carbocycles. The van der Waals surface area contributed by atoms with Gasteiger partial charge in [-0.05, 0) is 28.1 Å². The quantitative estimate of drug-likeness (QED) is 0.874. The molecule has 6 heteroatoms. The van der Waals surface area contributed by atoms with Gasteiger partial charge >= 0.3 is 0 Å². The summed E-state index contributed by atoms with van der Waals surface area (Å²) in [6.07, 6.45) is 0.0256. The van der Waals surface area contributed by atoms with Crippen LogP contribution in [0.25, 0.3) is 0 Å². The highest BCUT2D eigenvalue weighted by Gasteiger charge is 2.14. The maximum Gasteiger partial charge on any atom is 0.255 e. The lowest BCUT2D eigenvalue weighted by Crippen LogP contribution is -2.28. The van der Waals surface area contributed by atoms with Gasteiger partial charge in [-0.1, -0.05) is 6.07 Å². The number of nitrogens with two attached hydrogens (primary N) is 1. The van der Waals surface area contributed by atoms with Crippen LogP contribution >= 0.6 is 15.9 Å². The Balaban J connectivity index is 2.70. The summed E-state index contributed by atoms with van der Waals surface area (Å²) in [5.41, 5.74) is 4.83. The van der Waals surface area contributed by atoms with Crippen LogP contribution in [-0.4, -0.2) is 18.4 Å². The van der Waals surface area contributed by atoms with E-state index in [1.165, 1.54) is 12.1 Å². The minimum atomic E-state index is -0.619. The zero-order chi connectivity index (χ0) is 12.1. The molecule has 0 bridgehead atoms. The third-order valence-electron chi connectivity index (χ3n) is 1.85. The first kappa shape index (κ1) is 12.6. The van der Waals surface area contributed by atoms with E-state index in [4.69, 9.17) is 5.73 Å². The Hall–Kier alpha value is -1.43. The third kappa shape index (κ3) is 3.30. The van der Waals surface area contributed by atoms with Crippen LogP contribution in [0.2, 0.25) is 0 Å². The smallest absolute Gasteiger partial charge is 0.255 e. The highest BCUT2D eigenvalue weighted by atomic mass is 79.9. The fraction of sp³-hybridized carbons (Fsp3) is 0.200. The standard InChI is InChI=1S/C10H10BrFN2O2/c11-6-2-1-3-7(12)9(6)10(16)14-5-4-8(13)15/h1-3H,4-5H2,(H2,13,15)(H,14,16). The number of halogens is 2. The second-order valence-electron chi connectivity index (χ2n) is 3.07. The van der Waals surface area contributed by atoms with Gasteiger partial charge in [0.25, 0.3) is 5.91 Å². The molecule has 1 rings (SSSR count). The molecule has 86 valence electrons. The van der Waals surface area contributed by atoms with Crippen molar-refractivity contribution < 1.29 is 14.0 Å². The molecule has 0 fully saturated rings. The lowest BCUT2D eigenvalue weighted by molar-refractivity contribution is -0.117. The molecule has 0 saturated carbocycles. The van der Waals surface area contributed by atoms with E-state index in [0.717, 1.165) is 0 Å². The van der Waals surface area contributed by atoms with Crippen LogP contribution in [0.3, 0.4) is 0 Å². The highest BCUT2D eigenvalue weighted by molar-refractivity contribution is 9.10. The molecule has 2 amide bonds. The van der Waals surface area contributed by atoms with Crippen LogP contribution in [-0.2, 0) is 4.79 Å². The molecule has 1 aromatic carbocycles. The van der Waals surface area contributed by atoms with E-state index < -0.39 is 17.6 Å². The van der Waals surface area contributed by atoms with Crippen molar-refractivity contribution >= 4 is 27.7 Å². The molecule has 16 heavy (non-hydrogen) atoms. The first-order valence-corrected chi connectivity index (χ1v) is 5.32. The molecule has 0 aliphatic heterocycles. The monoisotopic (exact) mass is 288 g/mol. The number of carbonyl (C=O) groups excluding carboxylic acids is 2. The summed E-state index contributed by atoms with van der Waals surface area (Å²) in [5, 5.41) is 2.40. The SMILES string of the molecule is NC(=O)CCNC(=O)c1c(F)cccc1Br. The van der Waals surface area contributed by atoms with Gasteiger partial charge in [0.1, 0.15) is 5.82 Å². The lowest BCUT2D eigenvalue weighted by Gasteiger charge is -2.06.